The minimum absolute atomic E-state index is 0.148. The van der Waals surface area contributed by atoms with Crippen LogP contribution >= 0.6 is 23.1 Å². The molecule has 0 spiro atoms. The van der Waals surface area contributed by atoms with Gasteiger partial charge in [-0.1, -0.05) is 65.6 Å². The first-order chi connectivity index (χ1) is 14.7. The summed E-state index contributed by atoms with van der Waals surface area (Å²) >= 11 is 2.91. The van der Waals surface area contributed by atoms with Gasteiger partial charge in [0.1, 0.15) is 11.0 Å². The molecule has 0 bridgehead atoms. The molecule has 30 heavy (non-hydrogen) atoms. The van der Waals surface area contributed by atoms with Gasteiger partial charge in [-0.25, -0.2) is 0 Å². The van der Waals surface area contributed by atoms with Gasteiger partial charge in [-0.05, 0) is 37.5 Å². The Morgan fingerprint density at radius 2 is 1.87 bits per heavy atom. The number of aromatic nitrogens is 2. The molecule has 1 fully saturated rings. The molecule has 0 saturated carbocycles. The van der Waals surface area contributed by atoms with Gasteiger partial charge in [0, 0.05) is 13.1 Å². The van der Waals surface area contributed by atoms with Crippen LogP contribution in [0.5, 0.6) is 5.75 Å². The van der Waals surface area contributed by atoms with Crippen LogP contribution in [0.4, 0.5) is 10.8 Å². The maximum absolute atomic E-state index is 13.2. The van der Waals surface area contributed by atoms with E-state index in [1.54, 1.807) is 0 Å². The molecule has 156 valence electrons. The molecule has 2 aromatic carbocycles. The highest BCUT2D eigenvalue weighted by Crippen LogP contribution is 2.40. The molecule has 3 aromatic rings. The number of carbonyl (C=O) groups excluding carboxylic acids is 1. The van der Waals surface area contributed by atoms with Crippen molar-refractivity contribution >= 4 is 39.8 Å². The summed E-state index contributed by atoms with van der Waals surface area (Å²) in [6.45, 7) is 4.21. The van der Waals surface area contributed by atoms with E-state index in [-0.39, 0.29) is 11.2 Å². The van der Waals surface area contributed by atoms with Crippen molar-refractivity contribution in [2.45, 2.75) is 29.4 Å². The summed E-state index contributed by atoms with van der Waals surface area (Å²) < 4.78 is 6.42. The van der Waals surface area contributed by atoms with Crippen LogP contribution in [0.15, 0.2) is 58.9 Å². The van der Waals surface area contributed by atoms with Crippen LogP contribution in [0, 0.1) is 0 Å². The standard InChI is InChI=1S/C22H24N4O2S2/c1-2-28-18-13-7-6-12-17(18)23-21-24-25-22(30-21)29-19(16-10-4-3-5-11-16)20(27)26-14-8-9-15-26/h3-7,10-13,19H,2,8-9,14-15H2,1H3,(H,23,24)/t19-/m0/s1. The number of anilines is 2. The van der Waals surface area contributed by atoms with Crippen LogP contribution in [0.3, 0.4) is 0 Å². The van der Waals surface area contributed by atoms with Crippen LogP contribution < -0.4 is 10.1 Å². The number of hydrogen-bond acceptors (Lipinski definition) is 7. The minimum atomic E-state index is -0.319. The van der Waals surface area contributed by atoms with Gasteiger partial charge < -0.3 is 15.0 Å². The summed E-state index contributed by atoms with van der Waals surface area (Å²) in [4.78, 5) is 15.2. The zero-order chi connectivity index (χ0) is 20.8. The van der Waals surface area contributed by atoms with Gasteiger partial charge in [0.05, 0.1) is 12.3 Å². The first kappa shape index (κ1) is 20.7. The van der Waals surface area contributed by atoms with E-state index in [1.807, 2.05) is 66.4 Å². The fraction of sp³-hybridized carbons (Fsp3) is 0.318. The van der Waals surface area contributed by atoms with Crippen LogP contribution in [0.2, 0.25) is 0 Å². The third-order valence-electron chi connectivity index (χ3n) is 4.80. The fourth-order valence-electron chi connectivity index (χ4n) is 3.37. The van der Waals surface area contributed by atoms with Gasteiger partial charge >= 0.3 is 0 Å². The Morgan fingerprint density at radius 3 is 2.63 bits per heavy atom. The second-order valence-corrected chi connectivity index (χ2v) is 9.20. The largest absolute Gasteiger partial charge is 0.492 e. The Kier molecular flexibility index (Phi) is 6.86. The smallest absolute Gasteiger partial charge is 0.240 e. The summed E-state index contributed by atoms with van der Waals surface area (Å²) in [6.07, 6.45) is 2.15. The first-order valence-electron chi connectivity index (χ1n) is 10.1. The molecular formula is C22H24N4O2S2. The number of para-hydroxylation sites is 2. The number of benzene rings is 2. The SMILES string of the molecule is CCOc1ccccc1Nc1nnc(S[C@H](C(=O)N2CCCC2)c2ccccc2)s1. The van der Waals surface area contributed by atoms with E-state index in [0.717, 1.165) is 47.3 Å². The van der Waals surface area contributed by atoms with E-state index >= 15 is 0 Å². The lowest BCUT2D eigenvalue weighted by Gasteiger charge is -2.22. The Morgan fingerprint density at radius 1 is 1.13 bits per heavy atom. The second-order valence-electron chi connectivity index (χ2n) is 6.87. The van der Waals surface area contributed by atoms with Crippen molar-refractivity contribution in [2.75, 3.05) is 25.0 Å². The minimum Gasteiger partial charge on any atom is -0.492 e. The van der Waals surface area contributed by atoms with Crippen molar-refractivity contribution in [3.63, 3.8) is 0 Å². The van der Waals surface area contributed by atoms with Crippen molar-refractivity contribution < 1.29 is 9.53 Å². The van der Waals surface area contributed by atoms with Crippen molar-refractivity contribution in [2.24, 2.45) is 0 Å². The van der Waals surface area contributed by atoms with E-state index in [2.05, 4.69) is 15.5 Å². The molecule has 1 N–H and O–H groups in total. The predicted molar refractivity (Wildman–Crippen MR) is 122 cm³/mol. The fourth-order valence-corrected chi connectivity index (χ4v) is 5.41. The van der Waals surface area contributed by atoms with E-state index in [1.165, 1.54) is 23.1 Å². The molecule has 1 aliphatic rings. The van der Waals surface area contributed by atoms with Crippen LogP contribution in [0.25, 0.3) is 0 Å². The van der Waals surface area contributed by atoms with Gasteiger partial charge in [0.25, 0.3) is 0 Å². The van der Waals surface area contributed by atoms with Gasteiger partial charge in [0.2, 0.25) is 11.0 Å². The van der Waals surface area contributed by atoms with Crippen LogP contribution in [-0.2, 0) is 4.79 Å². The lowest BCUT2D eigenvalue weighted by atomic mass is 10.1. The molecule has 4 rings (SSSR count). The van der Waals surface area contributed by atoms with Crippen molar-refractivity contribution in [1.82, 2.24) is 15.1 Å². The number of nitrogens with one attached hydrogen (secondary N) is 1. The molecule has 0 radical (unpaired) electrons. The van der Waals surface area contributed by atoms with Crippen molar-refractivity contribution in [1.29, 1.82) is 0 Å². The average Bonchev–Trinajstić information content (AvgIpc) is 3.46. The zero-order valence-electron chi connectivity index (χ0n) is 16.8. The van der Waals surface area contributed by atoms with Gasteiger partial charge in [-0.15, -0.1) is 10.2 Å². The zero-order valence-corrected chi connectivity index (χ0v) is 18.4. The monoisotopic (exact) mass is 440 g/mol. The van der Waals surface area contributed by atoms with E-state index in [4.69, 9.17) is 4.74 Å². The Labute approximate surface area is 184 Å². The molecule has 2 heterocycles. The highest BCUT2D eigenvalue weighted by atomic mass is 32.2. The molecule has 0 unspecified atom stereocenters. The van der Waals surface area contributed by atoms with Crippen LogP contribution in [0.1, 0.15) is 30.6 Å². The number of carbonyl (C=O) groups is 1. The molecular weight excluding hydrogens is 416 g/mol. The number of rotatable bonds is 8. The van der Waals surface area contributed by atoms with E-state index in [0.29, 0.717) is 11.7 Å². The molecule has 1 amide bonds. The lowest BCUT2D eigenvalue weighted by Crippen LogP contribution is -2.31. The molecule has 8 heteroatoms. The average molecular weight is 441 g/mol. The molecule has 1 aliphatic heterocycles. The Hall–Kier alpha value is -2.58. The third kappa shape index (κ3) is 4.94. The predicted octanol–water partition coefficient (Wildman–Crippen LogP) is 5.14. The number of ether oxygens (including phenoxy) is 1. The number of thioether (sulfide) groups is 1. The lowest BCUT2D eigenvalue weighted by molar-refractivity contribution is -0.129. The topological polar surface area (TPSA) is 67.3 Å². The maximum atomic E-state index is 13.2. The highest BCUT2D eigenvalue weighted by Gasteiger charge is 2.29. The van der Waals surface area contributed by atoms with Crippen molar-refractivity contribution in [3.8, 4) is 5.75 Å². The number of likely N-dealkylation sites (tertiary alicyclic amines) is 1. The van der Waals surface area contributed by atoms with Gasteiger partial charge in [0.15, 0.2) is 4.34 Å². The van der Waals surface area contributed by atoms with E-state index in [9.17, 15) is 4.79 Å². The van der Waals surface area contributed by atoms with Crippen LogP contribution in [-0.4, -0.2) is 40.7 Å². The van der Waals surface area contributed by atoms with E-state index < -0.39 is 0 Å². The normalized spacial score (nSPS) is 14.5. The second kappa shape index (κ2) is 9.95. The maximum Gasteiger partial charge on any atom is 0.240 e. The summed E-state index contributed by atoms with van der Waals surface area (Å²) in [6, 6.07) is 17.7. The Bertz CT molecular complexity index is 974. The summed E-state index contributed by atoms with van der Waals surface area (Å²) in [5.41, 5.74) is 1.84. The molecule has 0 aliphatic carbocycles. The molecule has 1 saturated heterocycles. The number of amides is 1. The molecule has 1 aromatic heterocycles. The summed E-state index contributed by atoms with van der Waals surface area (Å²) in [5.74, 6) is 0.922. The Balaban J connectivity index is 1.52. The molecule has 1 atom stereocenters. The summed E-state index contributed by atoms with van der Waals surface area (Å²) in [5, 5.41) is 12.2. The summed E-state index contributed by atoms with van der Waals surface area (Å²) in [7, 11) is 0. The highest BCUT2D eigenvalue weighted by molar-refractivity contribution is 8.01. The van der Waals surface area contributed by atoms with Crippen molar-refractivity contribution in [3.05, 3.63) is 60.2 Å². The van der Waals surface area contributed by atoms with Gasteiger partial charge in [-0.3, -0.25) is 4.79 Å². The van der Waals surface area contributed by atoms with Gasteiger partial charge in [-0.2, -0.15) is 0 Å². The quantitative estimate of drug-likeness (QED) is 0.490. The molecule has 6 nitrogen and oxygen atoms in total. The number of nitrogens with zero attached hydrogens (tertiary/aromatic N) is 3. The number of hydrogen-bond donors (Lipinski definition) is 1. The third-order valence-corrected chi connectivity index (χ3v) is 6.96. The first-order valence-corrected chi connectivity index (χ1v) is 11.8.